The Labute approximate surface area is 153 Å². The molecule has 3 atom stereocenters. The molecule has 2 N–H and O–H groups in total. The van der Waals surface area contributed by atoms with Gasteiger partial charge in [0.1, 0.15) is 0 Å². The number of fused-ring (bicyclic) bond motifs is 1. The predicted molar refractivity (Wildman–Crippen MR) is 104 cm³/mol. The Balaban J connectivity index is 1.55. The molecule has 25 heavy (non-hydrogen) atoms. The van der Waals surface area contributed by atoms with E-state index in [2.05, 4.69) is 54.4 Å². The lowest BCUT2D eigenvalue weighted by molar-refractivity contribution is 0.187. The van der Waals surface area contributed by atoms with Gasteiger partial charge in [-0.05, 0) is 56.6 Å². The summed E-state index contributed by atoms with van der Waals surface area (Å²) < 4.78 is 0. The molecule has 0 amide bonds. The molecule has 1 saturated heterocycles. The molecular weight excluding hydrogens is 308 g/mol. The second-order valence-corrected chi connectivity index (χ2v) is 8.03. The Kier molecular flexibility index (Phi) is 6.69. The standard InChI is InChI=1S/C22H34N2O/c1-17(11-13-25)14-23-22-9-8-20-16-24(12-10-21(20)18(22)2)15-19-6-4-3-5-7-19/h3-7,17,20,22-23,25H,8-16H2,1-2H3. The highest BCUT2D eigenvalue weighted by molar-refractivity contribution is 5.26. The molecule has 138 valence electrons. The number of hydrogen-bond donors (Lipinski definition) is 2. The van der Waals surface area contributed by atoms with Gasteiger partial charge in [0.15, 0.2) is 0 Å². The molecule has 1 heterocycles. The number of aliphatic hydroxyl groups is 1. The minimum absolute atomic E-state index is 0.299. The summed E-state index contributed by atoms with van der Waals surface area (Å²) in [5, 5.41) is 12.8. The van der Waals surface area contributed by atoms with Gasteiger partial charge in [-0.15, -0.1) is 0 Å². The fraction of sp³-hybridized carbons (Fsp3) is 0.636. The van der Waals surface area contributed by atoms with Crippen molar-refractivity contribution >= 4 is 0 Å². The molecule has 3 rings (SSSR count). The molecule has 0 spiro atoms. The second kappa shape index (κ2) is 8.98. The van der Waals surface area contributed by atoms with Crippen molar-refractivity contribution in [2.24, 2.45) is 11.8 Å². The quantitative estimate of drug-likeness (QED) is 0.743. The lowest BCUT2D eigenvalue weighted by atomic mass is 9.76. The molecule has 3 unspecified atom stereocenters. The number of likely N-dealkylation sites (tertiary alicyclic amines) is 1. The summed E-state index contributed by atoms with van der Waals surface area (Å²) in [6.45, 7) is 9.38. The molecule has 3 heteroatoms. The molecule has 0 radical (unpaired) electrons. The van der Waals surface area contributed by atoms with E-state index in [1.165, 1.54) is 37.9 Å². The van der Waals surface area contributed by atoms with Crippen LogP contribution in [0.1, 0.15) is 45.1 Å². The van der Waals surface area contributed by atoms with Gasteiger partial charge in [-0.25, -0.2) is 0 Å². The maximum Gasteiger partial charge on any atom is 0.0434 e. The van der Waals surface area contributed by atoms with Crippen molar-refractivity contribution in [3.05, 3.63) is 47.0 Å². The summed E-state index contributed by atoms with van der Waals surface area (Å²) in [5.74, 6) is 1.30. The SMILES string of the molecule is CC1=C2CCN(Cc3ccccc3)CC2CCC1NCC(C)CCO. The van der Waals surface area contributed by atoms with Crippen LogP contribution >= 0.6 is 0 Å². The Hall–Kier alpha value is -1.16. The summed E-state index contributed by atoms with van der Waals surface area (Å²) >= 11 is 0. The number of piperidine rings is 1. The first-order valence-electron chi connectivity index (χ1n) is 9.97. The van der Waals surface area contributed by atoms with Crippen molar-refractivity contribution in [2.45, 2.75) is 52.1 Å². The summed E-state index contributed by atoms with van der Waals surface area (Å²) in [6.07, 6.45) is 4.69. The van der Waals surface area contributed by atoms with Crippen LogP contribution in [0.15, 0.2) is 41.5 Å². The van der Waals surface area contributed by atoms with E-state index in [0.29, 0.717) is 18.6 Å². The highest BCUT2D eigenvalue weighted by Gasteiger charge is 2.31. The monoisotopic (exact) mass is 342 g/mol. The maximum absolute atomic E-state index is 9.07. The van der Waals surface area contributed by atoms with E-state index in [-0.39, 0.29) is 0 Å². The topological polar surface area (TPSA) is 35.5 Å². The molecule has 0 bridgehead atoms. The third-order valence-corrected chi connectivity index (χ3v) is 6.09. The van der Waals surface area contributed by atoms with Crippen LogP contribution in [0, 0.1) is 11.8 Å². The van der Waals surface area contributed by atoms with Gasteiger partial charge in [0.2, 0.25) is 0 Å². The average molecular weight is 343 g/mol. The lowest BCUT2D eigenvalue weighted by Gasteiger charge is -2.41. The van der Waals surface area contributed by atoms with E-state index in [4.69, 9.17) is 5.11 Å². The second-order valence-electron chi connectivity index (χ2n) is 8.03. The summed E-state index contributed by atoms with van der Waals surface area (Å²) in [6, 6.07) is 11.4. The smallest absolute Gasteiger partial charge is 0.0434 e. The summed E-state index contributed by atoms with van der Waals surface area (Å²) in [5.41, 5.74) is 4.76. The van der Waals surface area contributed by atoms with Crippen LogP contribution in [0.4, 0.5) is 0 Å². The van der Waals surface area contributed by atoms with Crippen molar-refractivity contribution in [2.75, 3.05) is 26.2 Å². The van der Waals surface area contributed by atoms with E-state index >= 15 is 0 Å². The Morgan fingerprint density at radius 3 is 2.80 bits per heavy atom. The summed E-state index contributed by atoms with van der Waals surface area (Å²) in [4.78, 5) is 2.63. The molecule has 0 saturated carbocycles. The zero-order valence-corrected chi connectivity index (χ0v) is 15.9. The third kappa shape index (κ3) is 4.93. The van der Waals surface area contributed by atoms with Gasteiger partial charge < -0.3 is 10.4 Å². The minimum Gasteiger partial charge on any atom is -0.396 e. The van der Waals surface area contributed by atoms with Crippen LogP contribution < -0.4 is 5.32 Å². The van der Waals surface area contributed by atoms with Crippen molar-refractivity contribution in [3.63, 3.8) is 0 Å². The van der Waals surface area contributed by atoms with E-state index in [0.717, 1.165) is 25.4 Å². The van der Waals surface area contributed by atoms with Gasteiger partial charge in [0.25, 0.3) is 0 Å². The Bertz CT molecular complexity index is 569. The number of benzene rings is 1. The maximum atomic E-state index is 9.07. The first-order valence-corrected chi connectivity index (χ1v) is 9.97. The number of rotatable bonds is 7. The summed E-state index contributed by atoms with van der Waals surface area (Å²) in [7, 11) is 0. The highest BCUT2D eigenvalue weighted by Crippen LogP contribution is 2.36. The molecule has 1 aromatic carbocycles. The van der Waals surface area contributed by atoms with Crippen LogP contribution in [0.2, 0.25) is 0 Å². The van der Waals surface area contributed by atoms with E-state index < -0.39 is 0 Å². The Morgan fingerprint density at radius 2 is 2.04 bits per heavy atom. The van der Waals surface area contributed by atoms with Crippen LogP contribution in [0.3, 0.4) is 0 Å². The van der Waals surface area contributed by atoms with E-state index in [1.807, 2.05) is 0 Å². The molecule has 0 aromatic heterocycles. The lowest BCUT2D eigenvalue weighted by Crippen LogP contribution is -2.43. The molecule has 1 aliphatic heterocycles. The normalized spacial score (nSPS) is 25.7. The van der Waals surface area contributed by atoms with Gasteiger partial charge in [0.05, 0.1) is 0 Å². The van der Waals surface area contributed by atoms with E-state index in [9.17, 15) is 0 Å². The average Bonchev–Trinajstić information content (AvgIpc) is 2.62. The number of nitrogens with one attached hydrogen (secondary N) is 1. The first kappa shape index (κ1) is 18.6. The van der Waals surface area contributed by atoms with Crippen molar-refractivity contribution in [1.29, 1.82) is 0 Å². The molecule has 1 aromatic rings. The van der Waals surface area contributed by atoms with Gasteiger partial charge in [-0.3, -0.25) is 4.90 Å². The molecule has 1 aliphatic carbocycles. The third-order valence-electron chi connectivity index (χ3n) is 6.09. The van der Waals surface area contributed by atoms with E-state index in [1.54, 1.807) is 11.1 Å². The molecule has 2 aliphatic rings. The van der Waals surface area contributed by atoms with Crippen LogP contribution in [0.5, 0.6) is 0 Å². The van der Waals surface area contributed by atoms with Crippen molar-refractivity contribution in [3.8, 4) is 0 Å². The molecule has 1 fully saturated rings. The molecular formula is C22H34N2O. The first-order chi connectivity index (χ1) is 12.2. The number of hydrogen-bond acceptors (Lipinski definition) is 3. The minimum atomic E-state index is 0.299. The largest absolute Gasteiger partial charge is 0.396 e. The van der Waals surface area contributed by atoms with Gasteiger partial charge in [0, 0.05) is 32.3 Å². The van der Waals surface area contributed by atoms with Crippen LogP contribution in [-0.2, 0) is 6.54 Å². The highest BCUT2D eigenvalue weighted by atomic mass is 16.3. The number of aliphatic hydroxyl groups excluding tert-OH is 1. The number of nitrogens with zero attached hydrogens (tertiary/aromatic N) is 1. The van der Waals surface area contributed by atoms with Gasteiger partial charge >= 0.3 is 0 Å². The fourth-order valence-electron chi connectivity index (χ4n) is 4.49. The Morgan fingerprint density at radius 1 is 1.24 bits per heavy atom. The molecule has 3 nitrogen and oxygen atoms in total. The zero-order valence-electron chi connectivity index (χ0n) is 15.9. The van der Waals surface area contributed by atoms with Crippen LogP contribution in [-0.4, -0.2) is 42.3 Å². The van der Waals surface area contributed by atoms with Gasteiger partial charge in [-0.1, -0.05) is 48.4 Å². The van der Waals surface area contributed by atoms with Crippen LogP contribution in [0.25, 0.3) is 0 Å². The van der Waals surface area contributed by atoms with Crippen molar-refractivity contribution in [1.82, 2.24) is 10.2 Å². The predicted octanol–water partition coefficient (Wildman–Crippen LogP) is 3.60. The zero-order chi connectivity index (χ0) is 17.6. The van der Waals surface area contributed by atoms with Gasteiger partial charge in [-0.2, -0.15) is 0 Å². The fourth-order valence-corrected chi connectivity index (χ4v) is 4.49. The van der Waals surface area contributed by atoms with Crippen molar-refractivity contribution < 1.29 is 5.11 Å².